The number of nitrogen functional groups attached to an aromatic ring is 1. The van der Waals surface area contributed by atoms with Crippen molar-refractivity contribution in [3.8, 4) is 0 Å². The Balaban J connectivity index is 1.78. The summed E-state index contributed by atoms with van der Waals surface area (Å²) >= 11 is 3.29. The van der Waals surface area contributed by atoms with Gasteiger partial charge in [-0.2, -0.15) is 0 Å². The number of hydrogen-bond acceptors (Lipinski definition) is 6. The van der Waals surface area contributed by atoms with Gasteiger partial charge in [-0.25, -0.2) is 4.98 Å². The van der Waals surface area contributed by atoms with Crippen LogP contribution >= 0.6 is 15.9 Å². The van der Waals surface area contributed by atoms with Crippen LogP contribution in [-0.4, -0.2) is 42.1 Å². The quantitative estimate of drug-likeness (QED) is 0.389. The largest absolute Gasteiger partial charge is 0.432 e. The van der Waals surface area contributed by atoms with Gasteiger partial charge in [-0.05, 0) is 77.4 Å². The maximum absolute atomic E-state index is 12.8. The van der Waals surface area contributed by atoms with E-state index in [1.165, 1.54) is 0 Å². The molecule has 31 heavy (non-hydrogen) atoms. The Bertz CT molecular complexity index is 948. The smallest absolute Gasteiger partial charge is 0.276 e. The van der Waals surface area contributed by atoms with Gasteiger partial charge in [0.05, 0.1) is 23.3 Å². The van der Waals surface area contributed by atoms with Crippen LogP contribution in [0.25, 0.3) is 0 Å². The zero-order valence-corrected chi connectivity index (χ0v) is 21.2. The molecule has 3 heterocycles. The molecule has 2 aromatic rings. The van der Waals surface area contributed by atoms with E-state index in [-0.39, 0.29) is 16.6 Å². The number of pyridine rings is 2. The number of carbonyl (C=O) groups is 1. The van der Waals surface area contributed by atoms with Crippen LogP contribution < -0.4 is 16.0 Å². The first kappa shape index (κ1) is 23.7. The molecule has 0 aliphatic carbocycles. The van der Waals surface area contributed by atoms with Gasteiger partial charge in [-0.15, -0.1) is 0 Å². The number of nitrogens with zero attached hydrogens (tertiary/aromatic N) is 3. The summed E-state index contributed by atoms with van der Waals surface area (Å²) in [5.41, 5.74) is 8.04. The molecule has 0 radical (unpaired) electrons. The predicted molar refractivity (Wildman–Crippen MR) is 132 cm³/mol. The topological polar surface area (TPSA) is 104 Å². The lowest BCUT2D eigenvalue weighted by atomic mass is 9.89. The van der Waals surface area contributed by atoms with E-state index in [4.69, 9.17) is 5.73 Å². The van der Waals surface area contributed by atoms with Crippen LogP contribution in [-0.2, 0) is 0 Å². The third kappa shape index (κ3) is 5.64. The average Bonchev–Trinajstić information content (AvgIpc) is 2.69. The lowest BCUT2D eigenvalue weighted by molar-refractivity contribution is 0.102. The number of carbonyl (C=O) groups excluding carboxylic acids is 1. The SMILES string of the molecule is CC(C)(C[C@H]1CCCN(c2ccncc2NC(=O)c2nc(Br)ccc2N)C1)[Si](C)(C)O. The number of piperidine rings is 1. The molecule has 1 atom stereocenters. The van der Waals surface area contributed by atoms with E-state index >= 15 is 0 Å². The molecule has 7 nitrogen and oxygen atoms in total. The molecule has 3 rings (SSSR count). The zero-order valence-electron chi connectivity index (χ0n) is 18.7. The molecule has 1 amide bonds. The highest BCUT2D eigenvalue weighted by Crippen LogP contribution is 2.44. The average molecular weight is 507 g/mol. The van der Waals surface area contributed by atoms with Crippen molar-refractivity contribution < 1.29 is 9.59 Å². The summed E-state index contributed by atoms with van der Waals surface area (Å²) in [6, 6.07) is 5.29. The van der Waals surface area contributed by atoms with Crippen LogP contribution in [0, 0.1) is 5.92 Å². The summed E-state index contributed by atoms with van der Waals surface area (Å²) in [7, 11) is -2.26. The summed E-state index contributed by atoms with van der Waals surface area (Å²) in [6.45, 7) is 10.2. The van der Waals surface area contributed by atoms with Gasteiger partial charge in [-0.3, -0.25) is 9.78 Å². The van der Waals surface area contributed by atoms with E-state index in [2.05, 4.69) is 50.0 Å². The number of aromatic nitrogens is 2. The Kier molecular flexibility index (Phi) is 7.07. The monoisotopic (exact) mass is 505 g/mol. The predicted octanol–water partition coefficient (Wildman–Crippen LogP) is 4.66. The Morgan fingerprint density at radius 3 is 2.84 bits per heavy atom. The summed E-state index contributed by atoms with van der Waals surface area (Å²) < 4.78 is 0.551. The van der Waals surface area contributed by atoms with Crippen LogP contribution in [0.1, 0.15) is 43.6 Å². The van der Waals surface area contributed by atoms with Crippen molar-refractivity contribution in [2.24, 2.45) is 5.92 Å². The third-order valence-electron chi connectivity index (χ3n) is 6.47. The van der Waals surface area contributed by atoms with Crippen LogP contribution in [0.4, 0.5) is 17.1 Å². The second-order valence-electron chi connectivity index (χ2n) is 9.52. The van der Waals surface area contributed by atoms with Gasteiger partial charge >= 0.3 is 0 Å². The second kappa shape index (κ2) is 9.26. The van der Waals surface area contributed by atoms with E-state index in [9.17, 15) is 9.59 Å². The van der Waals surface area contributed by atoms with Crippen LogP contribution in [0.2, 0.25) is 18.1 Å². The molecule has 0 unspecified atom stereocenters. The van der Waals surface area contributed by atoms with Crippen molar-refractivity contribution in [2.45, 2.75) is 51.2 Å². The minimum atomic E-state index is -2.26. The van der Waals surface area contributed by atoms with Gasteiger partial charge in [0.2, 0.25) is 0 Å². The molecule has 4 N–H and O–H groups in total. The van der Waals surface area contributed by atoms with Gasteiger partial charge in [0.15, 0.2) is 14.0 Å². The molecule has 0 aromatic carbocycles. The molecule has 168 valence electrons. The van der Waals surface area contributed by atoms with Crippen LogP contribution in [0.5, 0.6) is 0 Å². The Morgan fingerprint density at radius 2 is 2.13 bits per heavy atom. The van der Waals surface area contributed by atoms with Crippen molar-refractivity contribution in [2.75, 3.05) is 29.0 Å². The molecule has 1 fully saturated rings. The summed E-state index contributed by atoms with van der Waals surface area (Å²) in [4.78, 5) is 34.3. The van der Waals surface area contributed by atoms with Crippen LogP contribution in [0.3, 0.4) is 0 Å². The molecular weight excluding hydrogens is 474 g/mol. The third-order valence-corrected chi connectivity index (χ3v) is 10.4. The molecule has 0 saturated carbocycles. The molecule has 1 aliphatic rings. The summed E-state index contributed by atoms with van der Waals surface area (Å²) in [5.74, 6) is 0.123. The van der Waals surface area contributed by atoms with E-state index < -0.39 is 8.32 Å². The zero-order chi connectivity index (χ0) is 22.8. The van der Waals surface area contributed by atoms with Gasteiger partial charge in [0, 0.05) is 19.3 Å². The van der Waals surface area contributed by atoms with E-state index in [0.29, 0.717) is 21.9 Å². The number of halogens is 1. The van der Waals surface area contributed by atoms with E-state index in [1.807, 2.05) is 19.2 Å². The fourth-order valence-electron chi connectivity index (χ4n) is 3.99. The van der Waals surface area contributed by atoms with Crippen molar-refractivity contribution in [1.82, 2.24) is 9.97 Å². The Labute approximate surface area is 193 Å². The first-order valence-electron chi connectivity index (χ1n) is 10.6. The number of hydrogen-bond donors (Lipinski definition) is 3. The standard InChI is InChI=1S/C22H32BrN5O2Si/c1-22(2,31(3,4)30)12-15-6-5-11-28(14-15)18-9-10-25-13-17(18)26-21(29)20-16(24)7-8-19(23)27-20/h7-10,13,15,30H,5-6,11-12,14,24H2,1-4H3,(H,26,29)/t15-/m1/s1. The van der Waals surface area contributed by atoms with Crippen molar-refractivity contribution >= 4 is 47.2 Å². The van der Waals surface area contributed by atoms with E-state index in [1.54, 1.807) is 24.5 Å². The number of nitrogens with two attached hydrogens (primary N) is 1. The maximum Gasteiger partial charge on any atom is 0.276 e. The van der Waals surface area contributed by atoms with Crippen molar-refractivity contribution in [3.05, 3.63) is 40.9 Å². The molecule has 9 heteroatoms. The molecule has 0 spiro atoms. The lowest BCUT2D eigenvalue weighted by Gasteiger charge is -2.42. The van der Waals surface area contributed by atoms with Gasteiger partial charge in [0.25, 0.3) is 5.91 Å². The van der Waals surface area contributed by atoms with E-state index in [0.717, 1.165) is 38.0 Å². The summed E-state index contributed by atoms with van der Waals surface area (Å²) in [5, 5.41) is 2.88. The van der Waals surface area contributed by atoms with Crippen LogP contribution in [0.15, 0.2) is 35.2 Å². The van der Waals surface area contributed by atoms with Crippen molar-refractivity contribution in [3.63, 3.8) is 0 Å². The highest BCUT2D eigenvalue weighted by Gasteiger charge is 2.40. The second-order valence-corrected chi connectivity index (χ2v) is 14.8. The van der Waals surface area contributed by atoms with Gasteiger partial charge in [0.1, 0.15) is 4.60 Å². The molecular formula is C22H32BrN5O2Si. The highest BCUT2D eigenvalue weighted by atomic mass is 79.9. The molecule has 1 saturated heterocycles. The number of amides is 1. The molecule has 2 aromatic heterocycles. The minimum Gasteiger partial charge on any atom is -0.432 e. The van der Waals surface area contributed by atoms with Gasteiger partial charge in [-0.1, -0.05) is 13.8 Å². The normalized spacial score (nSPS) is 17.5. The fourth-order valence-corrected chi connectivity index (χ4v) is 5.09. The van der Waals surface area contributed by atoms with Crippen molar-refractivity contribution in [1.29, 1.82) is 0 Å². The molecule has 1 aliphatic heterocycles. The fraction of sp³-hybridized carbons (Fsp3) is 0.500. The number of nitrogens with one attached hydrogen (secondary N) is 1. The maximum atomic E-state index is 12.8. The van der Waals surface area contributed by atoms with Gasteiger partial charge < -0.3 is 20.7 Å². The minimum absolute atomic E-state index is 0.0557. The lowest BCUT2D eigenvalue weighted by Crippen LogP contribution is -2.43. The highest BCUT2D eigenvalue weighted by molar-refractivity contribution is 9.10. The first-order chi connectivity index (χ1) is 14.5. The first-order valence-corrected chi connectivity index (χ1v) is 14.4. The Morgan fingerprint density at radius 1 is 1.39 bits per heavy atom. The molecule has 0 bridgehead atoms. The Hall–Kier alpha value is -1.97. The number of anilines is 3. The number of rotatable bonds is 6. The summed E-state index contributed by atoms with van der Waals surface area (Å²) in [6.07, 6.45) is 6.62.